The van der Waals surface area contributed by atoms with E-state index in [1.165, 1.54) is 0 Å². The molecule has 0 bridgehead atoms. The molecule has 0 amide bonds. The van der Waals surface area contributed by atoms with Crippen LogP contribution in [0.3, 0.4) is 0 Å². The van der Waals surface area contributed by atoms with E-state index in [0.717, 1.165) is 0 Å². The molecule has 1 rings (SSSR count). The molecule has 1 aliphatic rings. The van der Waals surface area contributed by atoms with Crippen molar-refractivity contribution >= 4 is 14.8 Å². The van der Waals surface area contributed by atoms with Crippen molar-refractivity contribution in [1.29, 1.82) is 0 Å². The maximum absolute atomic E-state index is 3.36. The summed E-state index contributed by atoms with van der Waals surface area (Å²) in [5, 5.41) is 0. The van der Waals surface area contributed by atoms with Crippen molar-refractivity contribution in [1.82, 2.24) is 0 Å². The van der Waals surface area contributed by atoms with Gasteiger partial charge < -0.3 is 0 Å². The minimum Gasteiger partial charge on any atom is -0.156 e. The molecule has 0 saturated carbocycles. The molecule has 0 fully saturated rings. The Hall–Kier alpha value is -0.678. The van der Waals surface area contributed by atoms with Crippen LogP contribution in [0, 0.1) is 17.7 Å². The van der Waals surface area contributed by atoms with Gasteiger partial charge in [0.1, 0.15) is 8.07 Å². The predicted molar refractivity (Wildman–Crippen MR) is 59.5 cm³/mol. The third kappa shape index (κ3) is 3.64. The zero-order chi connectivity index (χ0) is 9.03. The van der Waals surface area contributed by atoms with Crippen molar-refractivity contribution in [2.75, 3.05) is 0 Å². The zero-order valence-corrected chi connectivity index (χ0v) is 8.96. The molecule has 0 aromatic rings. The zero-order valence-electron chi connectivity index (χ0n) is 7.96. The van der Waals surface area contributed by atoms with Crippen molar-refractivity contribution in [3.8, 4) is 11.4 Å². The molecule has 0 saturated heterocycles. The molecule has 0 unspecified atom stereocenters. The Kier molecular flexibility index (Phi) is 3.00. The molecule has 1 aliphatic heterocycles. The lowest BCUT2D eigenvalue weighted by atomic mass is 9.47. The van der Waals surface area contributed by atoms with E-state index < -0.39 is 8.07 Å². The van der Waals surface area contributed by atoms with E-state index in [2.05, 4.69) is 55.5 Å². The van der Waals surface area contributed by atoms with Crippen LogP contribution >= 0.6 is 0 Å². The highest BCUT2D eigenvalue weighted by atomic mass is 28.3. The first-order valence-electron chi connectivity index (χ1n) is 4.29. The Morgan fingerprint density at radius 3 is 2.33 bits per heavy atom. The first-order valence-corrected chi connectivity index (χ1v) is 7.79. The fourth-order valence-electron chi connectivity index (χ4n) is 0.892. The molecule has 0 nitrogen and oxygen atoms in total. The first kappa shape index (κ1) is 9.41. The van der Waals surface area contributed by atoms with Crippen LogP contribution in [0.5, 0.6) is 0 Å². The van der Waals surface area contributed by atoms with E-state index in [4.69, 9.17) is 0 Å². The van der Waals surface area contributed by atoms with Gasteiger partial charge in [-0.1, -0.05) is 37.9 Å². The van der Waals surface area contributed by atoms with Crippen molar-refractivity contribution in [2.24, 2.45) is 0 Å². The quantitative estimate of drug-likeness (QED) is 0.389. The topological polar surface area (TPSA) is 0 Å². The number of rotatable bonds is 0. The van der Waals surface area contributed by atoms with Crippen molar-refractivity contribution in [2.45, 2.75) is 19.6 Å². The van der Waals surface area contributed by atoms with Crippen molar-refractivity contribution < 1.29 is 0 Å². The van der Waals surface area contributed by atoms with Gasteiger partial charge in [0.2, 0.25) is 0 Å². The Morgan fingerprint density at radius 1 is 1.08 bits per heavy atom. The van der Waals surface area contributed by atoms with Crippen LogP contribution in [0.25, 0.3) is 0 Å². The van der Waals surface area contributed by atoms with Crippen LogP contribution in [0.4, 0.5) is 0 Å². The third-order valence-corrected chi connectivity index (χ3v) is 2.37. The van der Waals surface area contributed by atoms with Gasteiger partial charge in [0.25, 0.3) is 6.71 Å². The van der Waals surface area contributed by atoms with Gasteiger partial charge in [-0.05, 0) is 6.32 Å². The van der Waals surface area contributed by atoms with Crippen molar-refractivity contribution in [3.63, 3.8) is 0 Å². The lowest BCUT2D eigenvalue weighted by Gasteiger charge is -2.05. The molecule has 0 atom stereocenters. The SMILES string of the molecule is C[Si](C)(C)C#CB1[CH]C=CC=C1. The normalized spacial score (nSPS) is 15.8. The fraction of sp³-hybridized carbons (Fsp3) is 0.300. The molecule has 0 spiro atoms. The summed E-state index contributed by atoms with van der Waals surface area (Å²) in [6.45, 7) is 7.15. The van der Waals surface area contributed by atoms with Gasteiger partial charge in [-0.25, -0.2) is 0 Å². The maximum atomic E-state index is 3.36. The molecule has 0 N–H and O–H groups in total. The van der Waals surface area contributed by atoms with Gasteiger partial charge in [0.15, 0.2) is 0 Å². The summed E-state index contributed by atoms with van der Waals surface area (Å²) in [7, 11) is -1.18. The van der Waals surface area contributed by atoms with E-state index in [9.17, 15) is 0 Å². The Morgan fingerprint density at radius 2 is 1.83 bits per heavy atom. The van der Waals surface area contributed by atoms with Crippen LogP contribution in [-0.4, -0.2) is 14.8 Å². The minimum atomic E-state index is -1.18. The van der Waals surface area contributed by atoms with Crippen LogP contribution in [0.1, 0.15) is 0 Å². The molecule has 1 heterocycles. The summed E-state index contributed by atoms with van der Waals surface area (Å²) >= 11 is 0. The summed E-state index contributed by atoms with van der Waals surface area (Å²) in [5.41, 5.74) is 3.36. The summed E-state index contributed by atoms with van der Waals surface area (Å²) in [4.78, 5) is 0. The Bertz CT molecular complexity index is 260. The molecule has 1 radical (unpaired) electrons. The highest BCUT2D eigenvalue weighted by molar-refractivity contribution is 6.86. The van der Waals surface area contributed by atoms with Crippen LogP contribution in [0.15, 0.2) is 24.2 Å². The summed E-state index contributed by atoms with van der Waals surface area (Å²) in [6.07, 6.45) is 8.28. The molecular formula is C10H14BSi. The third-order valence-electron chi connectivity index (χ3n) is 1.47. The summed E-state index contributed by atoms with van der Waals surface area (Å²) in [5.74, 6) is 5.41. The first-order chi connectivity index (χ1) is 5.58. The second-order valence-electron chi connectivity index (χ2n) is 4.01. The van der Waals surface area contributed by atoms with E-state index in [1.54, 1.807) is 0 Å². The smallest absolute Gasteiger partial charge is 0.156 e. The Balaban J connectivity index is 2.55. The van der Waals surface area contributed by atoms with Gasteiger partial charge in [0.05, 0.1) is 0 Å². The number of allylic oxidation sites excluding steroid dienone is 3. The van der Waals surface area contributed by atoms with Gasteiger partial charge in [0, 0.05) is 0 Å². The van der Waals surface area contributed by atoms with E-state index in [1.807, 2.05) is 6.08 Å². The molecular weight excluding hydrogens is 159 g/mol. The lowest BCUT2D eigenvalue weighted by Crippen LogP contribution is -2.19. The van der Waals surface area contributed by atoms with E-state index in [0.29, 0.717) is 6.71 Å². The highest BCUT2D eigenvalue weighted by Gasteiger charge is 2.10. The van der Waals surface area contributed by atoms with Gasteiger partial charge >= 0.3 is 0 Å². The second kappa shape index (κ2) is 3.82. The van der Waals surface area contributed by atoms with Gasteiger partial charge in [-0.2, -0.15) is 5.82 Å². The lowest BCUT2D eigenvalue weighted by molar-refractivity contribution is 1.81. The molecule has 0 aromatic carbocycles. The minimum absolute atomic E-state index is 0.349. The standard InChI is InChI=1S/C10H14BSi/c1-12(2,3)10-9-11-7-5-4-6-8-11/h4-8H,1-3H3. The van der Waals surface area contributed by atoms with Gasteiger partial charge in [-0.3, -0.25) is 0 Å². The molecule has 0 aromatic heterocycles. The maximum Gasteiger partial charge on any atom is 0.262 e. The fourth-order valence-corrected chi connectivity index (χ4v) is 1.49. The molecule has 0 aliphatic carbocycles. The predicted octanol–water partition coefficient (Wildman–Crippen LogP) is 2.31. The second-order valence-corrected chi connectivity index (χ2v) is 8.76. The van der Waals surface area contributed by atoms with Crippen LogP contribution in [-0.2, 0) is 0 Å². The van der Waals surface area contributed by atoms with E-state index >= 15 is 0 Å². The van der Waals surface area contributed by atoms with Crippen LogP contribution < -0.4 is 0 Å². The highest BCUT2D eigenvalue weighted by Crippen LogP contribution is 2.01. The average molecular weight is 173 g/mol. The molecule has 12 heavy (non-hydrogen) atoms. The largest absolute Gasteiger partial charge is 0.262 e. The van der Waals surface area contributed by atoms with E-state index in [-0.39, 0.29) is 0 Å². The van der Waals surface area contributed by atoms with Crippen LogP contribution in [0.2, 0.25) is 19.6 Å². The monoisotopic (exact) mass is 173 g/mol. The number of hydrogen-bond donors (Lipinski definition) is 0. The molecule has 61 valence electrons. The van der Waals surface area contributed by atoms with Gasteiger partial charge in [-0.15, -0.1) is 11.5 Å². The average Bonchev–Trinajstić information content (AvgIpc) is 2.02. The summed E-state index contributed by atoms with van der Waals surface area (Å²) in [6, 6.07) is 0. The molecule has 2 heteroatoms. The summed E-state index contributed by atoms with van der Waals surface area (Å²) < 4.78 is 0. The Labute approximate surface area is 76.8 Å². The van der Waals surface area contributed by atoms with Crippen molar-refractivity contribution in [3.05, 3.63) is 30.5 Å². The number of hydrogen-bond acceptors (Lipinski definition) is 0.